The Balaban J connectivity index is 1.93. The summed E-state index contributed by atoms with van der Waals surface area (Å²) < 4.78 is 37.9. The van der Waals surface area contributed by atoms with Gasteiger partial charge in [-0.05, 0) is 32.1 Å². The van der Waals surface area contributed by atoms with E-state index in [1.807, 2.05) is 0 Å². The molecule has 2 atom stereocenters. The molecule has 1 amide bonds. The highest BCUT2D eigenvalue weighted by Crippen LogP contribution is 2.46. The van der Waals surface area contributed by atoms with Gasteiger partial charge in [0.05, 0.1) is 5.92 Å². The van der Waals surface area contributed by atoms with Gasteiger partial charge < -0.3 is 10.4 Å². The zero-order valence-electron chi connectivity index (χ0n) is 10.3. The van der Waals surface area contributed by atoms with Crippen LogP contribution in [0.2, 0.25) is 0 Å². The molecule has 2 fully saturated rings. The summed E-state index contributed by atoms with van der Waals surface area (Å²) in [5, 5.41) is 11.4. The van der Waals surface area contributed by atoms with E-state index in [0.717, 1.165) is 0 Å². The number of hydrogen-bond donors (Lipinski definition) is 2. The van der Waals surface area contributed by atoms with Gasteiger partial charge in [-0.1, -0.05) is 6.42 Å². The topological polar surface area (TPSA) is 66.4 Å². The molecule has 2 N–H and O–H groups in total. The second-order valence-corrected chi connectivity index (χ2v) is 5.46. The van der Waals surface area contributed by atoms with Crippen LogP contribution in [0.1, 0.15) is 38.5 Å². The van der Waals surface area contributed by atoms with Gasteiger partial charge in [0, 0.05) is 6.04 Å². The van der Waals surface area contributed by atoms with Crippen LogP contribution in [-0.2, 0) is 9.59 Å². The Labute approximate surface area is 108 Å². The first-order chi connectivity index (χ1) is 8.75. The maximum Gasteiger partial charge on any atom is 0.391 e. The summed E-state index contributed by atoms with van der Waals surface area (Å²) in [4.78, 5) is 22.8. The minimum atomic E-state index is -4.24. The standard InChI is InChI=1S/C12H16F3NO3/c13-12(14,15)7-2-1-3-8(6-7)16-9(17)11(4-5-11)10(18)19/h7-8H,1-6H2,(H,16,17)(H,18,19)/t7-,8-/m0/s1. The number of carbonyl (C=O) groups excluding carboxylic acids is 1. The molecule has 0 unspecified atom stereocenters. The van der Waals surface area contributed by atoms with E-state index in [9.17, 15) is 22.8 Å². The number of alkyl halides is 3. The maximum atomic E-state index is 12.6. The van der Waals surface area contributed by atoms with Gasteiger partial charge in [0.1, 0.15) is 5.41 Å². The number of rotatable bonds is 3. The molecule has 108 valence electrons. The van der Waals surface area contributed by atoms with Crippen molar-refractivity contribution in [2.45, 2.75) is 50.7 Å². The van der Waals surface area contributed by atoms with Gasteiger partial charge in [-0.2, -0.15) is 13.2 Å². The van der Waals surface area contributed by atoms with Crippen LogP contribution in [0, 0.1) is 11.3 Å². The summed E-state index contributed by atoms with van der Waals surface area (Å²) in [6.45, 7) is 0. The van der Waals surface area contributed by atoms with E-state index in [-0.39, 0.29) is 25.7 Å². The lowest BCUT2D eigenvalue weighted by Crippen LogP contribution is -2.46. The summed E-state index contributed by atoms with van der Waals surface area (Å²) in [7, 11) is 0. The smallest absolute Gasteiger partial charge is 0.391 e. The predicted molar refractivity (Wildman–Crippen MR) is 59.2 cm³/mol. The van der Waals surface area contributed by atoms with E-state index < -0.39 is 35.4 Å². The Morgan fingerprint density at radius 3 is 2.32 bits per heavy atom. The Morgan fingerprint density at radius 2 is 1.84 bits per heavy atom. The molecule has 0 aromatic carbocycles. The molecule has 2 aliphatic rings. The van der Waals surface area contributed by atoms with E-state index >= 15 is 0 Å². The molecule has 7 heteroatoms. The highest BCUT2D eigenvalue weighted by molar-refractivity contribution is 6.04. The SMILES string of the molecule is O=C(O)C1(C(=O)N[C@H]2CCC[C@H](C(F)(F)F)C2)CC1. The average Bonchev–Trinajstić information content (AvgIpc) is 3.09. The molecule has 0 bridgehead atoms. The fourth-order valence-corrected chi connectivity index (χ4v) is 2.60. The Kier molecular flexibility index (Phi) is 3.49. The molecule has 0 radical (unpaired) electrons. The number of carboxylic acids is 1. The molecule has 19 heavy (non-hydrogen) atoms. The summed E-state index contributed by atoms with van der Waals surface area (Å²) in [5.41, 5.74) is -1.38. The van der Waals surface area contributed by atoms with Gasteiger partial charge in [-0.15, -0.1) is 0 Å². The Morgan fingerprint density at radius 1 is 1.21 bits per heavy atom. The lowest BCUT2D eigenvalue weighted by Gasteiger charge is -2.31. The fourth-order valence-electron chi connectivity index (χ4n) is 2.60. The van der Waals surface area contributed by atoms with Gasteiger partial charge >= 0.3 is 12.1 Å². The summed E-state index contributed by atoms with van der Waals surface area (Å²) in [6.07, 6.45) is -2.89. The van der Waals surface area contributed by atoms with Crippen LogP contribution in [0.15, 0.2) is 0 Å². The van der Waals surface area contributed by atoms with Crippen LogP contribution >= 0.6 is 0 Å². The number of amides is 1. The second kappa shape index (κ2) is 4.68. The number of carboxylic acid groups (broad SMARTS) is 1. The van der Waals surface area contributed by atoms with Crippen molar-refractivity contribution < 1.29 is 27.9 Å². The third-order valence-corrected chi connectivity index (χ3v) is 4.07. The number of nitrogens with one attached hydrogen (secondary N) is 1. The van der Waals surface area contributed by atoms with Crippen LogP contribution in [0.4, 0.5) is 13.2 Å². The van der Waals surface area contributed by atoms with Crippen molar-refractivity contribution >= 4 is 11.9 Å². The average molecular weight is 279 g/mol. The summed E-state index contributed by atoms with van der Waals surface area (Å²) in [6, 6.07) is -0.565. The van der Waals surface area contributed by atoms with Gasteiger partial charge in [-0.25, -0.2) is 0 Å². The minimum absolute atomic E-state index is 0.0833. The molecular weight excluding hydrogens is 263 g/mol. The molecule has 0 aliphatic heterocycles. The summed E-state index contributed by atoms with van der Waals surface area (Å²) >= 11 is 0. The number of halogens is 3. The third-order valence-electron chi connectivity index (χ3n) is 4.07. The molecule has 0 saturated heterocycles. The van der Waals surface area contributed by atoms with Crippen molar-refractivity contribution in [2.75, 3.05) is 0 Å². The van der Waals surface area contributed by atoms with Crippen LogP contribution in [0.5, 0.6) is 0 Å². The molecule has 0 spiro atoms. The normalized spacial score (nSPS) is 29.6. The maximum absolute atomic E-state index is 12.6. The Bertz CT molecular complexity index is 390. The highest BCUT2D eigenvalue weighted by Gasteiger charge is 2.57. The monoisotopic (exact) mass is 279 g/mol. The van der Waals surface area contributed by atoms with Gasteiger partial charge in [-0.3, -0.25) is 9.59 Å². The van der Waals surface area contributed by atoms with E-state index in [0.29, 0.717) is 12.8 Å². The lowest BCUT2D eigenvalue weighted by atomic mass is 9.85. The summed E-state index contributed by atoms with van der Waals surface area (Å²) in [5.74, 6) is -3.22. The van der Waals surface area contributed by atoms with Gasteiger partial charge in [0.2, 0.25) is 5.91 Å². The van der Waals surface area contributed by atoms with Crippen molar-refractivity contribution in [2.24, 2.45) is 11.3 Å². The first kappa shape index (κ1) is 14.1. The molecule has 0 aromatic rings. The second-order valence-electron chi connectivity index (χ2n) is 5.46. The zero-order chi connectivity index (χ0) is 14.3. The van der Waals surface area contributed by atoms with Crippen LogP contribution in [0.25, 0.3) is 0 Å². The van der Waals surface area contributed by atoms with E-state index in [1.165, 1.54) is 0 Å². The van der Waals surface area contributed by atoms with Gasteiger partial charge in [0.15, 0.2) is 0 Å². The minimum Gasteiger partial charge on any atom is -0.480 e. The molecule has 4 nitrogen and oxygen atoms in total. The number of carbonyl (C=O) groups is 2. The fraction of sp³-hybridized carbons (Fsp3) is 0.833. The quantitative estimate of drug-likeness (QED) is 0.777. The van der Waals surface area contributed by atoms with E-state index in [1.54, 1.807) is 0 Å². The first-order valence-corrected chi connectivity index (χ1v) is 6.37. The largest absolute Gasteiger partial charge is 0.480 e. The highest BCUT2D eigenvalue weighted by atomic mass is 19.4. The Hall–Kier alpha value is -1.27. The molecule has 2 saturated carbocycles. The molecule has 0 heterocycles. The van der Waals surface area contributed by atoms with Crippen LogP contribution in [-0.4, -0.2) is 29.2 Å². The molecule has 2 rings (SSSR count). The predicted octanol–water partition coefficient (Wildman–Crippen LogP) is 2.09. The number of aliphatic carboxylic acids is 1. The number of hydrogen-bond acceptors (Lipinski definition) is 2. The third kappa shape index (κ3) is 2.84. The van der Waals surface area contributed by atoms with Crippen molar-refractivity contribution in [1.82, 2.24) is 5.32 Å². The molecule has 2 aliphatic carbocycles. The van der Waals surface area contributed by atoms with Crippen LogP contribution in [0.3, 0.4) is 0 Å². The van der Waals surface area contributed by atoms with Crippen molar-refractivity contribution in [3.63, 3.8) is 0 Å². The molecule has 0 aromatic heterocycles. The molecular formula is C12H16F3NO3. The van der Waals surface area contributed by atoms with Gasteiger partial charge in [0.25, 0.3) is 0 Å². The van der Waals surface area contributed by atoms with E-state index in [4.69, 9.17) is 5.11 Å². The first-order valence-electron chi connectivity index (χ1n) is 6.37. The zero-order valence-corrected chi connectivity index (χ0v) is 10.3. The van der Waals surface area contributed by atoms with E-state index in [2.05, 4.69) is 5.32 Å². The van der Waals surface area contributed by atoms with Crippen molar-refractivity contribution in [3.8, 4) is 0 Å². The van der Waals surface area contributed by atoms with Crippen LogP contribution < -0.4 is 5.32 Å². The van der Waals surface area contributed by atoms with Crippen molar-refractivity contribution in [3.05, 3.63) is 0 Å². The lowest BCUT2D eigenvalue weighted by molar-refractivity contribution is -0.184. The van der Waals surface area contributed by atoms with Crippen molar-refractivity contribution in [1.29, 1.82) is 0 Å².